The summed E-state index contributed by atoms with van der Waals surface area (Å²) in [6.07, 6.45) is -0.455. The third-order valence-electron chi connectivity index (χ3n) is 5.36. The molecular formula is C20H23BFNO5. The Morgan fingerprint density at radius 2 is 1.64 bits per heavy atom. The Morgan fingerprint density at radius 3 is 2.18 bits per heavy atom. The van der Waals surface area contributed by atoms with Crippen LogP contribution in [0, 0.1) is 15.9 Å². The van der Waals surface area contributed by atoms with Gasteiger partial charge in [-0.2, -0.15) is 0 Å². The number of hydrogen-bond donors (Lipinski definition) is 0. The second-order valence-corrected chi connectivity index (χ2v) is 7.88. The maximum absolute atomic E-state index is 13.2. The van der Waals surface area contributed by atoms with E-state index in [1.165, 1.54) is 24.3 Å². The van der Waals surface area contributed by atoms with E-state index in [0.717, 1.165) is 5.56 Å². The largest absolute Gasteiger partial charge is 0.498 e. The lowest BCUT2D eigenvalue weighted by atomic mass is 9.78. The summed E-state index contributed by atoms with van der Waals surface area (Å²) < 4.78 is 31.4. The van der Waals surface area contributed by atoms with Crippen molar-refractivity contribution in [1.82, 2.24) is 0 Å². The van der Waals surface area contributed by atoms with Gasteiger partial charge in [0.15, 0.2) is 0 Å². The molecule has 1 atom stereocenters. The maximum Gasteiger partial charge on any atom is 0.498 e. The minimum atomic E-state index is -0.721. The van der Waals surface area contributed by atoms with Gasteiger partial charge in [-0.1, -0.05) is 18.2 Å². The Balaban J connectivity index is 1.95. The van der Waals surface area contributed by atoms with Gasteiger partial charge in [0.1, 0.15) is 17.7 Å². The maximum atomic E-state index is 13.2. The zero-order chi connectivity index (χ0) is 20.7. The molecule has 8 heteroatoms. The minimum Gasteiger partial charge on any atom is -0.486 e. The van der Waals surface area contributed by atoms with Crippen molar-refractivity contribution in [3.05, 3.63) is 64.0 Å². The third kappa shape index (κ3) is 3.88. The van der Waals surface area contributed by atoms with Crippen molar-refractivity contribution in [2.45, 2.75) is 51.9 Å². The van der Waals surface area contributed by atoms with Gasteiger partial charge >= 0.3 is 7.12 Å². The summed E-state index contributed by atoms with van der Waals surface area (Å²) in [6.45, 7) is 9.51. The van der Waals surface area contributed by atoms with Gasteiger partial charge in [-0.15, -0.1) is 0 Å². The molecule has 1 aliphatic rings. The van der Waals surface area contributed by atoms with Crippen molar-refractivity contribution in [2.75, 3.05) is 0 Å². The smallest absolute Gasteiger partial charge is 0.486 e. The van der Waals surface area contributed by atoms with Gasteiger partial charge < -0.3 is 14.0 Å². The quantitative estimate of drug-likeness (QED) is 0.438. The van der Waals surface area contributed by atoms with E-state index in [0.29, 0.717) is 11.2 Å². The fourth-order valence-electron chi connectivity index (χ4n) is 2.90. The van der Waals surface area contributed by atoms with E-state index in [-0.39, 0.29) is 11.5 Å². The van der Waals surface area contributed by atoms with E-state index in [4.69, 9.17) is 14.0 Å². The Bertz CT molecular complexity index is 869. The van der Waals surface area contributed by atoms with Crippen LogP contribution in [0.25, 0.3) is 0 Å². The number of non-ortho nitro benzene ring substituents is 1. The Morgan fingerprint density at radius 1 is 1.07 bits per heavy atom. The molecule has 3 rings (SSSR count). The highest BCUT2D eigenvalue weighted by Crippen LogP contribution is 2.38. The van der Waals surface area contributed by atoms with E-state index >= 15 is 0 Å². The van der Waals surface area contributed by atoms with Crippen LogP contribution in [0.5, 0.6) is 5.75 Å². The van der Waals surface area contributed by atoms with Gasteiger partial charge in [0, 0.05) is 11.5 Å². The summed E-state index contributed by atoms with van der Waals surface area (Å²) in [5, 5.41) is 11.2. The topological polar surface area (TPSA) is 70.8 Å². The van der Waals surface area contributed by atoms with E-state index in [2.05, 4.69) is 0 Å². The van der Waals surface area contributed by atoms with E-state index in [1.807, 2.05) is 27.7 Å². The van der Waals surface area contributed by atoms with Crippen molar-refractivity contribution < 1.29 is 23.4 Å². The number of benzene rings is 2. The highest BCUT2D eigenvalue weighted by Gasteiger charge is 2.52. The molecular weight excluding hydrogens is 364 g/mol. The van der Waals surface area contributed by atoms with Crippen LogP contribution in [0.4, 0.5) is 10.1 Å². The second-order valence-electron chi connectivity index (χ2n) is 7.88. The van der Waals surface area contributed by atoms with Gasteiger partial charge in [-0.05, 0) is 52.3 Å². The number of ether oxygens (including phenoxy) is 1. The fraction of sp³-hybridized carbons (Fsp3) is 0.400. The Kier molecular flexibility index (Phi) is 5.21. The zero-order valence-corrected chi connectivity index (χ0v) is 16.6. The highest BCUT2D eigenvalue weighted by molar-refractivity contribution is 6.63. The molecule has 2 aromatic carbocycles. The average molecular weight is 387 g/mol. The molecule has 148 valence electrons. The first-order valence-electron chi connectivity index (χ1n) is 9.06. The zero-order valence-electron chi connectivity index (χ0n) is 16.6. The number of halogens is 1. The average Bonchev–Trinajstić information content (AvgIpc) is 2.82. The van der Waals surface area contributed by atoms with Crippen LogP contribution < -0.4 is 10.2 Å². The standard InChI is InChI=1S/C20H23BFNO5/c1-13(14-6-8-15(22)9-7-14)26-18-12-16(23(24)25)10-11-17(18)21-27-19(2,3)20(4,5)28-21/h6-13H,1-5H3/t13-/m1/s1. The normalized spacial score (nSPS) is 18.7. The van der Waals surface area contributed by atoms with Crippen LogP contribution >= 0.6 is 0 Å². The van der Waals surface area contributed by atoms with Gasteiger partial charge in [-0.25, -0.2) is 4.39 Å². The first-order chi connectivity index (χ1) is 13.0. The molecule has 2 aromatic rings. The molecule has 0 unspecified atom stereocenters. The Hall–Kier alpha value is -2.45. The van der Waals surface area contributed by atoms with Gasteiger partial charge in [-0.3, -0.25) is 10.1 Å². The van der Waals surface area contributed by atoms with E-state index < -0.39 is 29.3 Å². The SMILES string of the molecule is C[C@@H](Oc1cc([N+](=O)[O-])ccc1B1OC(C)(C)C(C)(C)O1)c1ccc(F)cc1. The molecule has 6 nitrogen and oxygen atoms in total. The van der Waals surface area contributed by atoms with Crippen molar-refractivity contribution >= 4 is 18.3 Å². The molecule has 0 aliphatic carbocycles. The highest BCUT2D eigenvalue weighted by atomic mass is 19.1. The molecule has 0 spiro atoms. The van der Waals surface area contributed by atoms with E-state index in [9.17, 15) is 14.5 Å². The molecule has 1 aliphatic heterocycles. The predicted octanol–water partition coefficient (Wildman–Crippen LogP) is 4.17. The number of nitrogens with zero attached hydrogens (tertiary/aromatic N) is 1. The van der Waals surface area contributed by atoms with Crippen molar-refractivity contribution in [1.29, 1.82) is 0 Å². The van der Waals surface area contributed by atoms with Crippen molar-refractivity contribution in [2.24, 2.45) is 0 Å². The van der Waals surface area contributed by atoms with Crippen LogP contribution in [-0.4, -0.2) is 23.2 Å². The van der Waals surface area contributed by atoms with Crippen molar-refractivity contribution in [3.8, 4) is 5.75 Å². The molecule has 0 saturated carbocycles. The monoisotopic (exact) mass is 387 g/mol. The third-order valence-corrected chi connectivity index (χ3v) is 5.36. The number of nitro groups is 1. The van der Waals surface area contributed by atoms with Gasteiger partial charge in [0.2, 0.25) is 0 Å². The molecule has 0 aromatic heterocycles. The lowest BCUT2D eigenvalue weighted by Crippen LogP contribution is -2.41. The summed E-state index contributed by atoms with van der Waals surface area (Å²) in [5.74, 6) is -0.0475. The first-order valence-corrected chi connectivity index (χ1v) is 9.06. The molecule has 1 saturated heterocycles. The summed E-state index contributed by atoms with van der Waals surface area (Å²) in [6, 6.07) is 10.3. The summed E-state index contributed by atoms with van der Waals surface area (Å²) in [7, 11) is -0.721. The molecule has 0 N–H and O–H groups in total. The van der Waals surface area contributed by atoms with Crippen LogP contribution in [0.2, 0.25) is 0 Å². The van der Waals surface area contributed by atoms with Crippen LogP contribution in [0.3, 0.4) is 0 Å². The molecule has 0 amide bonds. The number of nitro benzene ring substituents is 1. The lowest BCUT2D eigenvalue weighted by Gasteiger charge is -2.32. The van der Waals surface area contributed by atoms with Crippen LogP contribution in [0.1, 0.15) is 46.3 Å². The summed E-state index contributed by atoms with van der Waals surface area (Å²) in [4.78, 5) is 10.7. The molecule has 28 heavy (non-hydrogen) atoms. The molecule has 1 heterocycles. The van der Waals surface area contributed by atoms with Gasteiger partial charge in [0.25, 0.3) is 5.69 Å². The van der Waals surface area contributed by atoms with Crippen LogP contribution in [-0.2, 0) is 9.31 Å². The van der Waals surface area contributed by atoms with Gasteiger partial charge in [0.05, 0.1) is 22.2 Å². The number of rotatable bonds is 5. The number of hydrogen-bond acceptors (Lipinski definition) is 5. The summed E-state index contributed by atoms with van der Waals surface area (Å²) in [5.41, 5.74) is 0.103. The van der Waals surface area contributed by atoms with Crippen LogP contribution in [0.15, 0.2) is 42.5 Å². The molecule has 0 radical (unpaired) electrons. The van der Waals surface area contributed by atoms with E-state index in [1.54, 1.807) is 25.1 Å². The predicted molar refractivity (Wildman–Crippen MR) is 104 cm³/mol. The fourth-order valence-corrected chi connectivity index (χ4v) is 2.90. The first kappa shape index (κ1) is 20.3. The second kappa shape index (κ2) is 7.18. The van der Waals surface area contributed by atoms with Crippen molar-refractivity contribution in [3.63, 3.8) is 0 Å². The molecule has 0 bridgehead atoms. The lowest BCUT2D eigenvalue weighted by molar-refractivity contribution is -0.384. The summed E-state index contributed by atoms with van der Waals surface area (Å²) >= 11 is 0. The molecule has 1 fully saturated rings. The minimum absolute atomic E-state index is 0.0958. The Labute approximate surface area is 163 Å².